The Morgan fingerprint density at radius 3 is 2.14 bits per heavy atom. The summed E-state index contributed by atoms with van der Waals surface area (Å²) in [6, 6.07) is 13.7. The van der Waals surface area contributed by atoms with Gasteiger partial charge in [0.05, 0.1) is 21.3 Å². The van der Waals surface area contributed by atoms with E-state index in [1.807, 2.05) is 59.5 Å². The molecule has 0 saturated heterocycles. The summed E-state index contributed by atoms with van der Waals surface area (Å²) in [6.07, 6.45) is 8.26. The Hall–Kier alpha value is -3.21. The van der Waals surface area contributed by atoms with E-state index in [1.54, 1.807) is 33.5 Å². The monoisotopic (exact) mass is 395 g/mol. The zero-order valence-electron chi connectivity index (χ0n) is 17.6. The molecule has 154 valence electrons. The van der Waals surface area contributed by atoms with Gasteiger partial charge in [0, 0.05) is 19.2 Å². The van der Waals surface area contributed by atoms with Crippen LogP contribution in [0.3, 0.4) is 0 Å². The highest BCUT2D eigenvalue weighted by atomic mass is 16.5. The van der Waals surface area contributed by atoms with Crippen LogP contribution in [0.1, 0.15) is 24.5 Å². The third-order valence-corrected chi connectivity index (χ3v) is 4.35. The van der Waals surface area contributed by atoms with E-state index in [1.165, 1.54) is 0 Å². The van der Waals surface area contributed by atoms with Crippen LogP contribution < -0.4 is 14.2 Å². The molecule has 0 aliphatic carbocycles. The lowest BCUT2D eigenvalue weighted by atomic mass is 10.1. The molecule has 5 nitrogen and oxygen atoms in total. The molecule has 0 aliphatic heterocycles. The predicted octanol–water partition coefficient (Wildman–Crippen LogP) is 4.68. The minimum atomic E-state index is -0.0432. The second-order valence-corrected chi connectivity index (χ2v) is 6.39. The summed E-state index contributed by atoms with van der Waals surface area (Å²) in [5, 5.41) is 0. The minimum Gasteiger partial charge on any atom is -0.493 e. The number of ether oxygens (including phenoxy) is 3. The van der Waals surface area contributed by atoms with Crippen LogP contribution in [0.4, 0.5) is 0 Å². The Bertz CT molecular complexity index is 818. The van der Waals surface area contributed by atoms with E-state index in [4.69, 9.17) is 14.2 Å². The van der Waals surface area contributed by atoms with Crippen LogP contribution in [0.5, 0.6) is 17.2 Å². The Balaban J connectivity index is 2.12. The first kappa shape index (κ1) is 22.1. The SMILES string of the molecule is CCCN(C/C=C/c1ccccc1)C(=O)/C=C/c1cc(OC)c(OC)c(OC)c1. The number of carbonyl (C=O) groups is 1. The largest absolute Gasteiger partial charge is 0.493 e. The summed E-state index contributed by atoms with van der Waals surface area (Å²) in [5.41, 5.74) is 1.91. The highest BCUT2D eigenvalue weighted by molar-refractivity contribution is 5.92. The van der Waals surface area contributed by atoms with Gasteiger partial charge < -0.3 is 19.1 Å². The molecule has 1 amide bonds. The van der Waals surface area contributed by atoms with Gasteiger partial charge in [-0.1, -0.05) is 49.4 Å². The van der Waals surface area contributed by atoms with E-state index >= 15 is 0 Å². The molecule has 29 heavy (non-hydrogen) atoms. The van der Waals surface area contributed by atoms with Crippen LogP contribution in [0, 0.1) is 0 Å². The third-order valence-electron chi connectivity index (χ3n) is 4.35. The zero-order valence-corrected chi connectivity index (χ0v) is 17.6. The number of nitrogens with zero attached hydrogens (tertiary/aromatic N) is 1. The van der Waals surface area contributed by atoms with Crippen molar-refractivity contribution in [3.8, 4) is 17.2 Å². The lowest BCUT2D eigenvalue weighted by Crippen LogP contribution is -2.30. The molecule has 0 spiro atoms. The lowest BCUT2D eigenvalue weighted by Gasteiger charge is -2.18. The topological polar surface area (TPSA) is 48.0 Å². The highest BCUT2D eigenvalue weighted by Gasteiger charge is 2.13. The first-order valence-electron chi connectivity index (χ1n) is 9.61. The number of amides is 1. The molecule has 0 radical (unpaired) electrons. The van der Waals surface area contributed by atoms with Crippen molar-refractivity contribution >= 4 is 18.1 Å². The van der Waals surface area contributed by atoms with Gasteiger partial charge in [-0.05, 0) is 35.8 Å². The van der Waals surface area contributed by atoms with Crippen molar-refractivity contribution < 1.29 is 19.0 Å². The van der Waals surface area contributed by atoms with Gasteiger partial charge in [-0.15, -0.1) is 0 Å². The molecule has 2 rings (SSSR count). The molecular formula is C24H29NO4. The van der Waals surface area contributed by atoms with Crippen LogP contribution in [0.15, 0.2) is 54.6 Å². The van der Waals surface area contributed by atoms with Crippen molar-refractivity contribution in [2.24, 2.45) is 0 Å². The van der Waals surface area contributed by atoms with Gasteiger partial charge in [-0.25, -0.2) is 0 Å². The van der Waals surface area contributed by atoms with Gasteiger partial charge in [-0.2, -0.15) is 0 Å². The van der Waals surface area contributed by atoms with Crippen LogP contribution >= 0.6 is 0 Å². The molecule has 0 N–H and O–H groups in total. The van der Waals surface area contributed by atoms with Gasteiger partial charge in [0.2, 0.25) is 11.7 Å². The summed E-state index contributed by atoms with van der Waals surface area (Å²) >= 11 is 0. The number of hydrogen-bond donors (Lipinski definition) is 0. The summed E-state index contributed by atoms with van der Waals surface area (Å²) in [7, 11) is 4.70. The maximum absolute atomic E-state index is 12.7. The smallest absolute Gasteiger partial charge is 0.246 e. The first-order valence-corrected chi connectivity index (χ1v) is 9.61. The molecular weight excluding hydrogens is 366 g/mol. The second-order valence-electron chi connectivity index (χ2n) is 6.39. The maximum Gasteiger partial charge on any atom is 0.246 e. The summed E-state index contributed by atoms with van der Waals surface area (Å²) in [6.45, 7) is 3.31. The normalized spacial score (nSPS) is 11.0. The number of hydrogen-bond acceptors (Lipinski definition) is 4. The van der Waals surface area contributed by atoms with Crippen molar-refractivity contribution in [3.05, 3.63) is 65.7 Å². The molecule has 0 aromatic heterocycles. The molecule has 0 fully saturated rings. The lowest BCUT2D eigenvalue weighted by molar-refractivity contribution is -0.125. The number of rotatable bonds is 10. The first-order chi connectivity index (χ1) is 14.1. The Labute approximate surface area is 173 Å². The van der Waals surface area contributed by atoms with E-state index in [2.05, 4.69) is 6.92 Å². The summed E-state index contributed by atoms with van der Waals surface area (Å²) < 4.78 is 16.1. The Morgan fingerprint density at radius 1 is 0.931 bits per heavy atom. The van der Waals surface area contributed by atoms with Crippen molar-refractivity contribution in [2.45, 2.75) is 13.3 Å². The molecule has 0 heterocycles. The van der Waals surface area contributed by atoms with Crippen LogP contribution in [-0.4, -0.2) is 45.2 Å². The Kier molecular flexibility index (Phi) is 8.83. The van der Waals surface area contributed by atoms with Crippen molar-refractivity contribution in [1.82, 2.24) is 4.90 Å². The van der Waals surface area contributed by atoms with Crippen LogP contribution in [0.25, 0.3) is 12.2 Å². The van der Waals surface area contributed by atoms with Gasteiger partial charge in [0.15, 0.2) is 11.5 Å². The second kappa shape index (κ2) is 11.6. The van der Waals surface area contributed by atoms with E-state index in [9.17, 15) is 4.79 Å². The summed E-state index contributed by atoms with van der Waals surface area (Å²) in [5.74, 6) is 1.58. The van der Waals surface area contributed by atoms with Gasteiger partial charge in [0.1, 0.15) is 0 Å². The van der Waals surface area contributed by atoms with Crippen molar-refractivity contribution in [3.63, 3.8) is 0 Å². The van der Waals surface area contributed by atoms with Crippen molar-refractivity contribution in [2.75, 3.05) is 34.4 Å². The predicted molar refractivity (Wildman–Crippen MR) is 117 cm³/mol. The zero-order chi connectivity index (χ0) is 21.1. The quantitative estimate of drug-likeness (QED) is 0.548. The molecule has 0 aliphatic rings. The number of methoxy groups -OCH3 is 3. The van der Waals surface area contributed by atoms with E-state index in [0.29, 0.717) is 30.3 Å². The number of benzene rings is 2. The fraction of sp³-hybridized carbons (Fsp3) is 0.292. The molecule has 0 saturated carbocycles. The average molecular weight is 395 g/mol. The van der Waals surface area contributed by atoms with Crippen LogP contribution in [-0.2, 0) is 4.79 Å². The van der Waals surface area contributed by atoms with Crippen molar-refractivity contribution in [1.29, 1.82) is 0 Å². The Morgan fingerprint density at radius 2 is 1.59 bits per heavy atom. The molecule has 0 atom stereocenters. The molecule has 0 unspecified atom stereocenters. The van der Waals surface area contributed by atoms with Crippen LogP contribution in [0.2, 0.25) is 0 Å². The fourth-order valence-electron chi connectivity index (χ4n) is 2.91. The minimum absolute atomic E-state index is 0.0432. The highest BCUT2D eigenvalue weighted by Crippen LogP contribution is 2.38. The van der Waals surface area contributed by atoms with E-state index in [-0.39, 0.29) is 5.91 Å². The standard InChI is InChI=1S/C24H29NO4/c1-5-15-25(16-9-12-19-10-7-6-8-11-19)23(26)14-13-20-17-21(27-2)24(29-4)22(18-20)28-3/h6-14,17-18H,5,15-16H2,1-4H3/b12-9+,14-13+. The fourth-order valence-corrected chi connectivity index (χ4v) is 2.91. The molecule has 0 bridgehead atoms. The average Bonchev–Trinajstić information content (AvgIpc) is 2.76. The van der Waals surface area contributed by atoms with E-state index in [0.717, 1.165) is 17.5 Å². The molecule has 2 aromatic carbocycles. The van der Waals surface area contributed by atoms with Gasteiger partial charge >= 0.3 is 0 Å². The summed E-state index contributed by atoms with van der Waals surface area (Å²) in [4.78, 5) is 14.5. The third kappa shape index (κ3) is 6.42. The molecule has 2 aromatic rings. The van der Waals surface area contributed by atoms with Gasteiger partial charge in [-0.3, -0.25) is 4.79 Å². The van der Waals surface area contributed by atoms with Gasteiger partial charge in [0.25, 0.3) is 0 Å². The maximum atomic E-state index is 12.7. The van der Waals surface area contributed by atoms with E-state index < -0.39 is 0 Å². The number of carbonyl (C=O) groups excluding carboxylic acids is 1. The molecule has 5 heteroatoms.